The van der Waals surface area contributed by atoms with Crippen molar-refractivity contribution in [3.05, 3.63) is 34.4 Å². The van der Waals surface area contributed by atoms with E-state index in [2.05, 4.69) is 5.32 Å². The Kier molecular flexibility index (Phi) is 3.63. The number of aliphatic hydroxyl groups is 2. The zero-order valence-corrected chi connectivity index (χ0v) is 9.89. The third-order valence-electron chi connectivity index (χ3n) is 2.85. The molecule has 8 nitrogen and oxygen atoms in total. The van der Waals surface area contributed by atoms with Gasteiger partial charge in [-0.1, -0.05) is 6.07 Å². The summed E-state index contributed by atoms with van der Waals surface area (Å²) >= 11 is 0. The van der Waals surface area contributed by atoms with E-state index in [0.29, 0.717) is 0 Å². The van der Waals surface area contributed by atoms with E-state index in [1.807, 2.05) is 0 Å². The van der Waals surface area contributed by atoms with Crippen LogP contribution >= 0.6 is 0 Å². The Morgan fingerprint density at radius 2 is 2.00 bits per heavy atom. The van der Waals surface area contributed by atoms with Gasteiger partial charge in [0.1, 0.15) is 0 Å². The highest BCUT2D eigenvalue weighted by molar-refractivity contribution is 5.89. The van der Waals surface area contributed by atoms with E-state index < -0.39 is 23.2 Å². The van der Waals surface area contributed by atoms with Gasteiger partial charge in [-0.05, 0) is 6.07 Å². The molecule has 0 unspecified atom stereocenters. The second-order valence-electron chi connectivity index (χ2n) is 4.28. The van der Waals surface area contributed by atoms with Crippen molar-refractivity contribution in [1.82, 2.24) is 4.90 Å². The molecule has 2 rings (SSSR count). The van der Waals surface area contributed by atoms with Crippen LogP contribution in [0.3, 0.4) is 0 Å². The highest BCUT2D eigenvalue weighted by atomic mass is 16.6. The van der Waals surface area contributed by atoms with Crippen LogP contribution in [0, 0.1) is 10.1 Å². The average Bonchev–Trinajstić information content (AvgIpc) is 2.70. The molecule has 0 aliphatic carbocycles. The molecule has 0 aromatic heterocycles. The standard InChI is InChI=1S/C11H13N3O5/c15-9-5-13(6-10(9)16)11(17)12-7-2-1-3-8(4-7)14(18)19/h1-4,9-10,15-16H,5-6H2,(H,12,17)/t9-,10+. The first-order valence-corrected chi connectivity index (χ1v) is 5.64. The summed E-state index contributed by atoms with van der Waals surface area (Å²) in [6, 6.07) is 5.02. The van der Waals surface area contributed by atoms with Gasteiger partial charge < -0.3 is 20.4 Å². The third kappa shape index (κ3) is 2.98. The molecule has 3 N–H and O–H groups in total. The number of rotatable bonds is 2. The number of hydrogen-bond acceptors (Lipinski definition) is 5. The van der Waals surface area contributed by atoms with Crippen LogP contribution in [-0.4, -0.2) is 51.4 Å². The monoisotopic (exact) mass is 267 g/mol. The summed E-state index contributed by atoms with van der Waals surface area (Å²) in [5, 5.41) is 31.8. The molecule has 2 amide bonds. The van der Waals surface area contributed by atoms with Crippen molar-refractivity contribution in [3.63, 3.8) is 0 Å². The van der Waals surface area contributed by atoms with Crippen LogP contribution in [-0.2, 0) is 0 Å². The Bertz CT molecular complexity index is 497. The fraction of sp³-hybridized carbons (Fsp3) is 0.364. The average molecular weight is 267 g/mol. The fourth-order valence-corrected chi connectivity index (χ4v) is 1.84. The minimum Gasteiger partial charge on any atom is -0.388 e. The zero-order valence-electron chi connectivity index (χ0n) is 9.89. The number of non-ortho nitro benzene ring substituents is 1. The van der Waals surface area contributed by atoms with Gasteiger partial charge in [0.2, 0.25) is 0 Å². The molecule has 0 spiro atoms. The largest absolute Gasteiger partial charge is 0.388 e. The molecule has 1 saturated heterocycles. The SMILES string of the molecule is O=C(Nc1cccc([N+](=O)[O-])c1)N1C[C@@H](O)[C@@H](O)C1. The Morgan fingerprint density at radius 1 is 1.37 bits per heavy atom. The third-order valence-corrected chi connectivity index (χ3v) is 2.85. The molecule has 102 valence electrons. The maximum Gasteiger partial charge on any atom is 0.322 e. The van der Waals surface area contributed by atoms with Crippen molar-refractivity contribution in [1.29, 1.82) is 0 Å². The number of amides is 2. The molecule has 1 aromatic rings. The second-order valence-corrected chi connectivity index (χ2v) is 4.28. The molecule has 8 heteroatoms. The number of nitro benzene ring substituents is 1. The molecule has 1 aromatic carbocycles. The molecule has 1 heterocycles. The lowest BCUT2D eigenvalue weighted by atomic mass is 10.3. The quantitative estimate of drug-likeness (QED) is 0.521. The number of carbonyl (C=O) groups excluding carboxylic acids is 1. The van der Waals surface area contributed by atoms with Crippen molar-refractivity contribution in [3.8, 4) is 0 Å². The summed E-state index contributed by atoms with van der Waals surface area (Å²) in [7, 11) is 0. The Labute approximate surface area is 108 Å². The molecular weight excluding hydrogens is 254 g/mol. The maximum atomic E-state index is 11.8. The molecule has 0 radical (unpaired) electrons. The number of hydrogen-bond donors (Lipinski definition) is 3. The van der Waals surface area contributed by atoms with Gasteiger partial charge in [0, 0.05) is 17.8 Å². The van der Waals surface area contributed by atoms with Crippen LogP contribution in [0.25, 0.3) is 0 Å². The lowest BCUT2D eigenvalue weighted by molar-refractivity contribution is -0.384. The van der Waals surface area contributed by atoms with Crippen LogP contribution in [0.15, 0.2) is 24.3 Å². The number of nitrogens with one attached hydrogen (secondary N) is 1. The molecule has 1 aliphatic rings. The van der Waals surface area contributed by atoms with E-state index in [1.54, 1.807) is 0 Å². The van der Waals surface area contributed by atoms with E-state index in [9.17, 15) is 25.1 Å². The predicted octanol–water partition coefficient (Wildman–Crippen LogP) is 0.164. The first-order valence-electron chi connectivity index (χ1n) is 5.64. The van der Waals surface area contributed by atoms with Gasteiger partial charge in [0.05, 0.1) is 30.2 Å². The van der Waals surface area contributed by atoms with Crippen molar-refractivity contribution in [2.45, 2.75) is 12.2 Å². The number of urea groups is 1. The highest BCUT2D eigenvalue weighted by Crippen LogP contribution is 2.18. The predicted molar refractivity (Wildman–Crippen MR) is 65.7 cm³/mol. The van der Waals surface area contributed by atoms with E-state index >= 15 is 0 Å². The highest BCUT2D eigenvalue weighted by Gasteiger charge is 2.32. The van der Waals surface area contributed by atoms with E-state index in [-0.39, 0.29) is 24.5 Å². The maximum absolute atomic E-state index is 11.8. The number of nitro groups is 1. The topological polar surface area (TPSA) is 116 Å². The number of β-amino-alcohol motifs (C(OH)–C–C–N with tert-alkyl or cyclic N) is 2. The van der Waals surface area contributed by atoms with Crippen LogP contribution < -0.4 is 5.32 Å². The minimum atomic E-state index is -0.962. The lowest BCUT2D eigenvalue weighted by Crippen LogP contribution is -2.33. The normalized spacial score (nSPS) is 22.3. The van der Waals surface area contributed by atoms with Crippen molar-refractivity contribution in [2.24, 2.45) is 0 Å². The molecular formula is C11H13N3O5. The molecule has 0 bridgehead atoms. The van der Waals surface area contributed by atoms with Crippen LogP contribution in [0.1, 0.15) is 0 Å². The molecule has 2 atom stereocenters. The van der Waals surface area contributed by atoms with Crippen LogP contribution in [0.4, 0.5) is 16.2 Å². The van der Waals surface area contributed by atoms with Crippen molar-refractivity contribution in [2.75, 3.05) is 18.4 Å². The summed E-state index contributed by atoms with van der Waals surface area (Å²) < 4.78 is 0. The molecule has 19 heavy (non-hydrogen) atoms. The number of anilines is 1. The van der Waals surface area contributed by atoms with Gasteiger partial charge >= 0.3 is 6.03 Å². The van der Waals surface area contributed by atoms with Gasteiger partial charge in [-0.25, -0.2) is 4.79 Å². The summed E-state index contributed by atoms with van der Waals surface area (Å²) in [5.41, 5.74) is 0.161. The van der Waals surface area contributed by atoms with Crippen molar-refractivity contribution >= 4 is 17.4 Å². The Balaban J connectivity index is 2.03. The van der Waals surface area contributed by atoms with Gasteiger partial charge in [-0.2, -0.15) is 0 Å². The lowest BCUT2D eigenvalue weighted by Gasteiger charge is -2.16. The van der Waals surface area contributed by atoms with Gasteiger partial charge in [-0.3, -0.25) is 10.1 Å². The van der Waals surface area contributed by atoms with E-state index in [4.69, 9.17) is 0 Å². The zero-order chi connectivity index (χ0) is 14.0. The number of likely N-dealkylation sites (tertiary alicyclic amines) is 1. The summed E-state index contributed by atoms with van der Waals surface area (Å²) in [4.78, 5) is 23.1. The first-order chi connectivity index (χ1) is 8.97. The van der Waals surface area contributed by atoms with Crippen LogP contribution in [0.5, 0.6) is 0 Å². The Hall–Kier alpha value is -2.19. The van der Waals surface area contributed by atoms with Crippen LogP contribution in [0.2, 0.25) is 0 Å². The fourth-order valence-electron chi connectivity index (χ4n) is 1.84. The number of nitrogens with zero attached hydrogens (tertiary/aromatic N) is 2. The van der Waals surface area contributed by atoms with E-state index in [1.165, 1.54) is 29.2 Å². The Morgan fingerprint density at radius 3 is 2.58 bits per heavy atom. The number of benzene rings is 1. The van der Waals surface area contributed by atoms with Gasteiger partial charge in [0.15, 0.2) is 0 Å². The van der Waals surface area contributed by atoms with E-state index in [0.717, 1.165) is 0 Å². The summed E-state index contributed by atoms with van der Waals surface area (Å²) in [5.74, 6) is 0. The molecule has 1 fully saturated rings. The summed E-state index contributed by atoms with van der Waals surface area (Å²) in [6.45, 7) is 0.0594. The molecule has 1 aliphatic heterocycles. The second kappa shape index (κ2) is 5.21. The van der Waals surface area contributed by atoms with Gasteiger partial charge in [0.25, 0.3) is 5.69 Å². The number of aliphatic hydroxyl groups excluding tert-OH is 2. The molecule has 0 saturated carbocycles. The smallest absolute Gasteiger partial charge is 0.322 e. The van der Waals surface area contributed by atoms with Crippen molar-refractivity contribution < 1.29 is 19.9 Å². The first kappa shape index (κ1) is 13.2. The number of carbonyl (C=O) groups is 1. The minimum absolute atomic E-state index is 0.0297. The summed E-state index contributed by atoms with van der Waals surface area (Å²) in [6.07, 6.45) is -1.92. The van der Waals surface area contributed by atoms with Gasteiger partial charge in [-0.15, -0.1) is 0 Å².